The Balaban J connectivity index is 1.50. The molecule has 2 aliphatic rings. The maximum Gasteiger partial charge on any atom is 0.227 e. The van der Waals surface area contributed by atoms with E-state index in [-0.39, 0.29) is 11.3 Å². The van der Waals surface area contributed by atoms with E-state index in [1.165, 1.54) is 0 Å². The zero-order chi connectivity index (χ0) is 18.7. The fourth-order valence-electron chi connectivity index (χ4n) is 4.31. The summed E-state index contributed by atoms with van der Waals surface area (Å²) in [5, 5.41) is 3.08. The van der Waals surface area contributed by atoms with Crippen molar-refractivity contribution in [1.82, 2.24) is 19.9 Å². The Morgan fingerprint density at radius 2 is 2.15 bits per heavy atom. The monoisotopic (exact) mass is 366 g/mol. The van der Waals surface area contributed by atoms with Crippen molar-refractivity contribution in [2.24, 2.45) is 5.41 Å². The van der Waals surface area contributed by atoms with Gasteiger partial charge < -0.3 is 15.1 Å². The van der Waals surface area contributed by atoms with Gasteiger partial charge in [0, 0.05) is 63.7 Å². The van der Waals surface area contributed by atoms with Crippen molar-refractivity contribution in [2.75, 3.05) is 36.9 Å². The van der Waals surface area contributed by atoms with Crippen molar-refractivity contribution in [3.63, 3.8) is 0 Å². The number of carbonyl (C=O) groups excluding carboxylic acids is 1. The molecule has 2 aromatic rings. The van der Waals surface area contributed by atoms with Crippen molar-refractivity contribution < 1.29 is 4.79 Å². The van der Waals surface area contributed by atoms with Crippen molar-refractivity contribution in [2.45, 2.75) is 32.2 Å². The second-order valence-corrected chi connectivity index (χ2v) is 7.63. The molecular weight excluding hydrogens is 340 g/mol. The predicted octanol–water partition coefficient (Wildman–Crippen LogP) is 2.32. The zero-order valence-electron chi connectivity index (χ0n) is 15.8. The molecule has 2 saturated heterocycles. The van der Waals surface area contributed by atoms with E-state index in [2.05, 4.69) is 25.2 Å². The van der Waals surface area contributed by atoms with Gasteiger partial charge in [-0.15, -0.1) is 0 Å². The summed E-state index contributed by atoms with van der Waals surface area (Å²) >= 11 is 0. The minimum absolute atomic E-state index is 0.118. The summed E-state index contributed by atoms with van der Waals surface area (Å²) in [6.45, 7) is 3.30. The fourth-order valence-corrected chi connectivity index (χ4v) is 4.31. The smallest absolute Gasteiger partial charge is 0.227 e. The number of carbonyl (C=O) groups is 1. The molecule has 4 rings (SSSR count). The molecule has 1 atom stereocenters. The first-order valence-corrected chi connectivity index (χ1v) is 9.60. The minimum atomic E-state index is 0.118. The number of nitrogens with zero attached hydrogens (tertiary/aromatic N) is 5. The molecule has 0 saturated carbocycles. The van der Waals surface area contributed by atoms with Crippen molar-refractivity contribution in [1.29, 1.82) is 0 Å². The van der Waals surface area contributed by atoms with Crippen LogP contribution in [-0.2, 0) is 11.3 Å². The van der Waals surface area contributed by atoms with E-state index in [9.17, 15) is 4.79 Å². The van der Waals surface area contributed by atoms with Crippen LogP contribution in [0.4, 0.5) is 11.8 Å². The molecular formula is C20H26N6O. The number of rotatable bonds is 4. The number of piperidine rings is 2. The number of pyridine rings is 1. The van der Waals surface area contributed by atoms with Crippen LogP contribution in [0.1, 0.15) is 31.2 Å². The van der Waals surface area contributed by atoms with Gasteiger partial charge in [-0.2, -0.15) is 4.98 Å². The summed E-state index contributed by atoms with van der Waals surface area (Å²) in [7, 11) is 1.87. The average molecular weight is 366 g/mol. The van der Waals surface area contributed by atoms with Crippen LogP contribution in [0.25, 0.3) is 0 Å². The Bertz CT molecular complexity index is 798. The highest BCUT2D eigenvalue weighted by molar-refractivity contribution is 5.77. The largest absolute Gasteiger partial charge is 0.373 e. The maximum absolute atomic E-state index is 12.5. The lowest BCUT2D eigenvalue weighted by Crippen LogP contribution is -2.54. The molecule has 27 heavy (non-hydrogen) atoms. The van der Waals surface area contributed by atoms with Crippen molar-refractivity contribution in [3.05, 3.63) is 42.4 Å². The number of likely N-dealkylation sites (tertiary alicyclic amines) is 1. The number of nitrogens with one attached hydrogen (secondary N) is 1. The Morgan fingerprint density at radius 1 is 1.22 bits per heavy atom. The van der Waals surface area contributed by atoms with Crippen LogP contribution in [0.15, 0.2) is 36.8 Å². The van der Waals surface area contributed by atoms with E-state index in [0.29, 0.717) is 13.0 Å². The van der Waals surface area contributed by atoms with Crippen LogP contribution in [0.2, 0.25) is 0 Å². The number of hydrogen-bond acceptors (Lipinski definition) is 6. The van der Waals surface area contributed by atoms with E-state index in [4.69, 9.17) is 0 Å². The number of amides is 1. The molecule has 2 aliphatic heterocycles. The Kier molecular flexibility index (Phi) is 4.92. The third-order valence-electron chi connectivity index (χ3n) is 5.69. The Hall–Kier alpha value is -2.70. The van der Waals surface area contributed by atoms with E-state index in [1.807, 2.05) is 36.3 Å². The van der Waals surface area contributed by atoms with Gasteiger partial charge in [-0.05, 0) is 37.0 Å². The summed E-state index contributed by atoms with van der Waals surface area (Å²) < 4.78 is 0. The van der Waals surface area contributed by atoms with Crippen LogP contribution in [0.3, 0.4) is 0 Å². The van der Waals surface area contributed by atoms with Gasteiger partial charge in [-0.25, -0.2) is 4.98 Å². The topological polar surface area (TPSA) is 74.2 Å². The third-order valence-corrected chi connectivity index (χ3v) is 5.69. The van der Waals surface area contributed by atoms with Crippen LogP contribution in [0.5, 0.6) is 0 Å². The molecule has 1 spiro atoms. The van der Waals surface area contributed by atoms with Gasteiger partial charge in [0.05, 0.1) is 0 Å². The Labute approximate surface area is 159 Å². The van der Waals surface area contributed by atoms with Gasteiger partial charge >= 0.3 is 0 Å². The van der Waals surface area contributed by atoms with Gasteiger partial charge in [0.15, 0.2) is 0 Å². The highest BCUT2D eigenvalue weighted by Gasteiger charge is 2.42. The zero-order valence-corrected chi connectivity index (χ0v) is 15.8. The quantitative estimate of drug-likeness (QED) is 0.895. The molecule has 0 radical (unpaired) electrons. The van der Waals surface area contributed by atoms with Crippen LogP contribution >= 0.6 is 0 Å². The standard InChI is InChI=1S/C20H26N6O/c1-21-17-6-10-23-19(24-17)25-11-3-7-20(14-25)8-5-18(27)26(15-20)13-16-4-2-9-22-12-16/h2,4,6,9-10,12H,3,5,7-8,11,13-15H2,1H3,(H,21,23,24). The highest BCUT2D eigenvalue weighted by Crippen LogP contribution is 2.40. The van der Waals surface area contributed by atoms with Crippen molar-refractivity contribution >= 4 is 17.7 Å². The molecule has 0 aromatic carbocycles. The van der Waals surface area contributed by atoms with E-state index < -0.39 is 0 Å². The van der Waals surface area contributed by atoms with E-state index >= 15 is 0 Å². The first-order chi connectivity index (χ1) is 13.2. The average Bonchev–Trinajstić information content (AvgIpc) is 2.72. The second kappa shape index (κ2) is 7.50. The molecule has 0 aliphatic carbocycles. The normalized spacial score (nSPS) is 22.9. The first-order valence-electron chi connectivity index (χ1n) is 9.60. The van der Waals surface area contributed by atoms with Gasteiger partial charge in [-0.3, -0.25) is 9.78 Å². The molecule has 0 bridgehead atoms. The Morgan fingerprint density at radius 3 is 2.96 bits per heavy atom. The van der Waals surface area contributed by atoms with Crippen molar-refractivity contribution in [3.8, 4) is 0 Å². The number of aromatic nitrogens is 3. The minimum Gasteiger partial charge on any atom is -0.373 e. The molecule has 1 amide bonds. The maximum atomic E-state index is 12.5. The molecule has 1 N–H and O–H groups in total. The molecule has 2 fully saturated rings. The van der Waals surface area contributed by atoms with Crippen LogP contribution in [0, 0.1) is 5.41 Å². The third kappa shape index (κ3) is 3.86. The summed E-state index contributed by atoms with van der Waals surface area (Å²) in [6, 6.07) is 5.83. The molecule has 2 aromatic heterocycles. The summed E-state index contributed by atoms with van der Waals surface area (Å²) in [5.74, 6) is 1.85. The van der Waals surface area contributed by atoms with Gasteiger partial charge in [0.25, 0.3) is 0 Å². The second-order valence-electron chi connectivity index (χ2n) is 7.63. The number of hydrogen-bond donors (Lipinski definition) is 1. The summed E-state index contributed by atoms with van der Waals surface area (Å²) in [5.41, 5.74) is 1.20. The summed E-state index contributed by atoms with van der Waals surface area (Å²) in [6.07, 6.45) is 9.21. The summed E-state index contributed by atoms with van der Waals surface area (Å²) in [4.78, 5) is 30.1. The number of anilines is 2. The van der Waals surface area contributed by atoms with Gasteiger partial charge in [-0.1, -0.05) is 6.07 Å². The fraction of sp³-hybridized carbons (Fsp3) is 0.500. The first kappa shape index (κ1) is 17.7. The molecule has 7 heteroatoms. The molecule has 7 nitrogen and oxygen atoms in total. The highest BCUT2D eigenvalue weighted by atomic mass is 16.2. The van der Waals surface area contributed by atoms with E-state index in [1.54, 1.807) is 12.4 Å². The lowest BCUT2D eigenvalue weighted by molar-refractivity contribution is -0.138. The van der Waals surface area contributed by atoms with E-state index in [0.717, 1.165) is 56.2 Å². The van der Waals surface area contributed by atoms with Gasteiger partial charge in [0.1, 0.15) is 5.82 Å². The lowest BCUT2D eigenvalue weighted by atomic mass is 9.73. The molecule has 1 unspecified atom stereocenters. The predicted molar refractivity (Wildman–Crippen MR) is 104 cm³/mol. The molecule has 142 valence electrons. The van der Waals surface area contributed by atoms with Crippen LogP contribution < -0.4 is 10.2 Å². The lowest BCUT2D eigenvalue weighted by Gasteiger charge is -2.48. The van der Waals surface area contributed by atoms with Crippen LogP contribution in [-0.4, -0.2) is 52.4 Å². The molecule has 4 heterocycles. The SMILES string of the molecule is CNc1ccnc(N2CCCC3(CCC(=O)N(Cc4cccnc4)C3)C2)n1. The van der Waals surface area contributed by atoms with Gasteiger partial charge in [0.2, 0.25) is 11.9 Å².